The van der Waals surface area contributed by atoms with Gasteiger partial charge in [0.1, 0.15) is 0 Å². The molecule has 679 valence electrons. The van der Waals surface area contributed by atoms with E-state index in [0.29, 0.717) is 0 Å². The van der Waals surface area contributed by atoms with E-state index in [2.05, 4.69) is 267 Å². The van der Waals surface area contributed by atoms with Gasteiger partial charge in [-0.05, 0) is 232 Å². The molecule has 1 fully saturated rings. The first-order valence-corrected chi connectivity index (χ1v) is 44.6. The number of allylic oxidation sites excluding steroid dienone is 2. The summed E-state index contributed by atoms with van der Waals surface area (Å²) in [5.74, 6) is 2.17. The van der Waals surface area contributed by atoms with Crippen LogP contribution in [0.25, 0.3) is 111 Å². The number of fused-ring (bicyclic) bond motifs is 2. The predicted octanol–water partition coefficient (Wildman–Crippen LogP) is 29.4. The molecule has 7 heterocycles. The molecule has 0 aliphatic heterocycles. The molecule has 1 N–H and O–H groups in total. The summed E-state index contributed by atoms with van der Waals surface area (Å²) in [5, 5.41) is 13.2. The third kappa shape index (κ3) is 30.8. The number of carbonyl (C=O) groups excluding carboxylic acids is 1. The smallest absolute Gasteiger partial charge is 0.512 e. The molecule has 134 heavy (non-hydrogen) atoms. The Balaban J connectivity index is 0.000000186. The van der Waals surface area contributed by atoms with Crippen LogP contribution >= 0.6 is 0 Å². The molecule has 1 aliphatic rings. The normalized spacial score (nSPS) is 12.9. The van der Waals surface area contributed by atoms with Crippen molar-refractivity contribution in [3.8, 4) is 89.9 Å². The van der Waals surface area contributed by atoms with Crippen LogP contribution < -0.4 is 0 Å². The van der Waals surface area contributed by atoms with Crippen LogP contribution in [-0.4, -0.2) is 52.0 Å². The summed E-state index contributed by atoms with van der Waals surface area (Å²) < 4.78 is 0. The summed E-state index contributed by atoms with van der Waals surface area (Å²) in [5.41, 5.74) is 29.1. The van der Waals surface area contributed by atoms with E-state index >= 15 is 0 Å². The first kappa shape index (κ1) is 104. The number of nitrogens with zero attached hydrogens (tertiary/aromatic N) is 8. The second-order valence-corrected chi connectivity index (χ2v) is 33.0. The van der Waals surface area contributed by atoms with E-state index in [9.17, 15) is 4.79 Å². The molecule has 0 amide bonds. The average Bonchev–Trinajstić information content (AvgIpc) is 0.838. The number of benzene rings is 11. The van der Waals surface area contributed by atoms with E-state index in [1.54, 1.807) is 12.4 Å². The zero-order valence-electron chi connectivity index (χ0n) is 76.3. The van der Waals surface area contributed by atoms with E-state index in [1.165, 1.54) is 141 Å². The number of aliphatic imine (C=N–C) groups is 1. The third-order valence-corrected chi connectivity index (χ3v) is 23.2. The molecule has 0 saturated heterocycles. The number of hydrogen-bond acceptors (Lipinski definition) is 10. The summed E-state index contributed by atoms with van der Waals surface area (Å²) >= 11 is 0. The molecule has 0 bridgehead atoms. The van der Waals surface area contributed by atoms with Crippen molar-refractivity contribution in [2.45, 2.75) is 106 Å². The Morgan fingerprint density at radius 3 is 1.24 bits per heavy atom. The van der Waals surface area contributed by atoms with Crippen molar-refractivity contribution in [1.82, 2.24) is 34.9 Å². The molecule has 7 aromatic heterocycles. The van der Waals surface area contributed by atoms with Gasteiger partial charge < -0.3 is 25.1 Å². The van der Waals surface area contributed by atoms with Crippen molar-refractivity contribution in [2.24, 2.45) is 22.7 Å². The van der Waals surface area contributed by atoms with Crippen LogP contribution in [-0.2, 0) is 105 Å². The first-order chi connectivity index (χ1) is 63.7. The van der Waals surface area contributed by atoms with Crippen LogP contribution in [0.4, 0.5) is 5.69 Å². The fraction of sp³-hybridized carbons (Fsp3) is 0.158. The maximum Gasteiger partial charge on any atom is 2.00 e. The second kappa shape index (κ2) is 54.0. The Kier molecular flexibility index (Phi) is 41.8. The molecule has 14 heteroatoms. The SMILES string of the molecule is CC(=O)C=C(C)O.Cc1cc[c-]c(-c2ncc3ccccc3c2C)c1.Cc1ccccc1-c1ccc(CCC2CC(CCc3ccc(-c4ccccc4C)nc3)CC(CCc3ccc(-c4ccccc4C)nc3)C2)cn1.[Ir].[Ir].[Ir].[Pt+2].[c-]1c(C=Nc2ccccc2-c2[c-]cccc2)cccc1-c1ccccn1.[c-]1ccccc1-c1cc2ccccc2cn1.[c-]1ccccc1-c1ccccn1. The fourth-order valence-corrected chi connectivity index (χ4v) is 16.5. The molecular weight excluding hydrogens is 2360 g/mol. The number of aromatic nitrogens is 7. The number of carbonyl (C=O) groups is 1. The van der Waals surface area contributed by atoms with Crippen molar-refractivity contribution in [3.05, 3.63) is 469 Å². The van der Waals surface area contributed by atoms with Crippen LogP contribution in [0, 0.1) is 82.7 Å². The van der Waals surface area contributed by atoms with E-state index in [0.717, 1.165) is 122 Å². The van der Waals surface area contributed by atoms with E-state index < -0.39 is 0 Å². The van der Waals surface area contributed by atoms with Crippen molar-refractivity contribution < 1.29 is 91.3 Å². The van der Waals surface area contributed by atoms with Crippen LogP contribution in [0.15, 0.2) is 394 Å². The fourth-order valence-electron chi connectivity index (χ4n) is 16.5. The number of ketones is 1. The molecule has 1 saturated carbocycles. The zero-order valence-corrected chi connectivity index (χ0v) is 85.8. The second-order valence-electron chi connectivity index (χ2n) is 33.0. The van der Waals surface area contributed by atoms with Gasteiger partial charge in [-0.1, -0.05) is 212 Å². The zero-order chi connectivity index (χ0) is 90.0. The summed E-state index contributed by atoms with van der Waals surface area (Å²) in [6, 6.07) is 130. The van der Waals surface area contributed by atoms with E-state index in [1.807, 2.05) is 188 Å². The van der Waals surface area contributed by atoms with Crippen molar-refractivity contribution >= 4 is 39.2 Å². The van der Waals surface area contributed by atoms with Gasteiger partial charge in [-0.2, -0.15) is 0 Å². The molecule has 0 atom stereocenters. The van der Waals surface area contributed by atoms with Gasteiger partial charge in [-0.3, -0.25) is 24.7 Å². The topological polar surface area (TPSA) is 140 Å². The minimum absolute atomic E-state index is 0. The van der Waals surface area contributed by atoms with E-state index in [4.69, 9.17) is 25.1 Å². The van der Waals surface area contributed by atoms with Gasteiger partial charge in [0.15, 0.2) is 5.78 Å². The number of aryl methyl sites for hydroxylation is 8. The number of pyridine rings is 7. The molecule has 19 rings (SSSR count). The summed E-state index contributed by atoms with van der Waals surface area (Å²) in [7, 11) is 0. The standard InChI is InChI=1S/C48H51N3.C24H16N2.C17H14N.C15H10N.C11H8N.C5H8O2.3Ir.Pt/c1-34-10-4-7-13-43(34)46-25-22-37(31-49-46)16-19-40-28-41(20-17-38-23-26-47(50-32-38)44-14-8-5-11-35(44)2)30-42(29-40)21-18-39-24-27-48(51-33-39)45-15-9-6-12-36(45)3;1-2-10-20(11-3-1)22-13-4-5-15-24(22)26-18-19-9-8-12-21(17-19)23-14-6-7-16-25-23;1-12-6-5-8-14(10-12)17-13(2)16-9-4-3-7-15(16)11-18-17;1-2-6-12(7-3-1)15-10-13-8-4-5-9-14(13)11-16-15;1-2-6-10(7-3-1)11-8-4-5-9-12-11;1-4(6)3-5(2)7;;;;/h4-15,22-27,31-33,40-42H,16-21,28-30H2,1-3H3;1-10,12-16,18H;3-7,9-11H,1-2H3;1-6,8-11H;1-6,8-9H;3,6H,1-2H3;;;;/q;-2;3*-1;;;;;+2. The van der Waals surface area contributed by atoms with Gasteiger partial charge in [-0.25, -0.2) is 0 Å². The Morgan fingerprint density at radius 1 is 0.366 bits per heavy atom. The van der Waals surface area contributed by atoms with Gasteiger partial charge in [-0.15, -0.1) is 173 Å². The Hall–Kier alpha value is -12.5. The number of aliphatic hydroxyl groups excluding tert-OH is 1. The molecule has 10 nitrogen and oxygen atoms in total. The van der Waals surface area contributed by atoms with Crippen molar-refractivity contribution in [3.63, 3.8) is 0 Å². The Labute approximate surface area is 846 Å². The Morgan fingerprint density at radius 2 is 0.784 bits per heavy atom. The summed E-state index contributed by atoms with van der Waals surface area (Å²) in [4.78, 5) is 47.0. The largest absolute Gasteiger partial charge is 2.00 e. The van der Waals surface area contributed by atoms with Crippen LogP contribution in [0.2, 0.25) is 0 Å². The van der Waals surface area contributed by atoms with Crippen LogP contribution in [0.1, 0.15) is 102 Å². The number of hydrogen-bond donors (Lipinski definition) is 1. The van der Waals surface area contributed by atoms with Crippen molar-refractivity contribution in [2.75, 3.05) is 0 Å². The maximum atomic E-state index is 10.0. The van der Waals surface area contributed by atoms with Crippen molar-refractivity contribution in [1.29, 1.82) is 0 Å². The summed E-state index contributed by atoms with van der Waals surface area (Å²) in [6.07, 6.45) is 27.7. The van der Waals surface area contributed by atoms with Gasteiger partial charge >= 0.3 is 21.1 Å². The van der Waals surface area contributed by atoms with Gasteiger partial charge in [0, 0.05) is 138 Å². The minimum atomic E-state index is -0.125. The molecule has 0 unspecified atom stereocenters. The molecular formula is C120H107Ir3N8O2Pt-3. The first-order valence-electron chi connectivity index (χ1n) is 44.6. The third-order valence-electron chi connectivity index (χ3n) is 23.2. The monoisotopic (exact) mass is 2470 g/mol. The van der Waals surface area contributed by atoms with Gasteiger partial charge in [0.05, 0.1) is 22.8 Å². The van der Waals surface area contributed by atoms with Gasteiger partial charge in [0.2, 0.25) is 0 Å². The summed E-state index contributed by atoms with van der Waals surface area (Å²) in [6.45, 7) is 13.6. The quantitative estimate of drug-likeness (QED) is 0.0342. The average molecular weight is 2460 g/mol. The molecule has 18 aromatic rings. The predicted molar refractivity (Wildman–Crippen MR) is 536 cm³/mol. The number of aliphatic hydroxyl groups is 1. The Bertz CT molecular complexity index is 6430. The molecule has 11 aromatic carbocycles. The van der Waals surface area contributed by atoms with Crippen LogP contribution in [0.3, 0.4) is 0 Å². The van der Waals surface area contributed by atoms with Gasteiger partial charge in [0.25, 0.3) is 0 Å². The van der Waals surface area contributed by atoms with Crippen LogP contribution in [0.5, 0.6) is 0 Å². The number of para-hydroxylation sites is 1. The number of rotatable bonds is 20. The minimum Gasteiger partial charge on any atom is -0.512 e. The molecule has 1 aliphatic carbocycles. The van der Waals surface area contributed by atoms with E-state index in [-0.39, 0.29) is 92.9 Å². The molecule has 0 spiro atoms. The maximum absolute atomic E-state index is 10.0. The molecule has 3 radical (unpaired) electrons.